The Kier molecular flexibility index (Phi) is 2.98. The lowest BCUT2D eigenvalue weighted by Crippen LogP contribution is -2.52. The third-order valence-electron chi connectivity index (χ3n) is 5.83. The van der Waals surface area contributed by atoms with E-state index in [0.29, 0.717) is 17.2 Å². The van der Waals surface area contributed by atoms with Crippen molar-refractivity contribution in [2.75, 3.05) is 5.73 Å². The normalized spacial score (nSPS) is 33.1. The van der Waals surface area contributed by atoms with Gasteiger partial charge in [-0.25, -0.2) is 0 Å². The second-order valence-corrected chi connectivity index (χ2v) is 7.59. The molecular formula is C17H24N2O2. The highest BCUT2D eigenvalue weighted by molar-refractivity contribution is 5.99. The average Bonchev–Trinajstić information content (AvgIpc) is 2.88. The molecule has 1 aromatic rings. The maximum absolute atomic E-state index is 12.6. The van der Waals surface area contributed by atoms with E-state index in [1.54, 1.807) is 6.07 Å². The molecule has 3 atom stereocenters. The number of hydrogen-bond acceptors (Lipinski definition) is 3. The molecule has 0 heterocycles. The Bertz CT molecular complexity index is 592. The van der Waals surface area contributed by atoms with Crippen molar-refractivity contribution >= 4 is 11.6 Å². The van der Waals surface area contributed by atoms with Crippen LogP contribution in [0.5, 0.6) is 5.75 Å². The SMILES string of the molecule is CC12CCC(C1)C(C)(C)C2NC(=O)c1cc(O)ccc1N. The van der Waals surface area contributed by atoms with Crippen molar-refractivity contribution in [3.05, 3.63) is 23.8 Å². The van der Waals surface area contributed by atoms with Crippen molar-refractivity contribution in [2.45, 2.75) is 46.1 Å². The first-order valence-electron chi connectivity index (χ1n) is 7.63. The summed E-state index contributed by atoms with van der Waals surface area (Å²) in [4.78, 5) is 12.6. The summed E-state index contributed by atoms with van der Waals surface area (Å²) in [7, 11) is 0. The van der Waals surface area contributed by atoms with Gasteiger partial charge in [0.25, 0.3) is 5.91 Å². The van der Waals surface area contributed by atoms with Gasteiger partial charge in [0.1, 0.15) is 5.75 Å². The summed E-state index contributed by atoms with van der Waals surface area (Å²) >= 11 is 0. The Balaban J connectivity index is 1.86. The molecule has 2 aliphatic carbocycles. The van der Waals surface area contributed by atoms with Crippen molar-refractivity contribution in [1.82, 2.24) is 5.32 Å². The summed E-state index contributed by atoms with van der Waals surface area (Å²) < 4.78 is 0. The Morgan fingerprint density at radius 3 is 2.71 bits per heavy atom. The lowest BCUT2D eigenvalue weighted by atomic mass is 9.68. The first kappa shape index (κ1) is 14.2. The second-order valence-electron chi connectivity index (χ2n) is 7.59. The summed E-state index contributed by atoms with van der Waals surface area (Å²) in [5, 5.41) is 12.8. The van der Waals surface area contributed by atoms with Gasteiger partial charge in [-0.1, -0.05) is 20.8 Å². The molecule has 0 saturated heterocycles. The molecule has 2 bridgehead atoms. The standard InChI is InChI=1S/C17H24N2O2/c1-16(2)10-6-7-17(3,9-10)15(16)19-14(21)12-8-11(20)4-5-13(12)18/h4-5,8,10,15,20H,6-7,9,18H2,1-3H3,(H,19,21). The van der Waals surface area contributed by atoms with Crippen LogP contribution in [0.3, 0.4) is 0 Å². The van der Waals surface area contributed by atoms with Crippen molar-refractivity contribution in [3.63, 3.8) is 0 Å². The van der Waals surface area contributed by atoms with Gasteiger partial charge in [-0.2, -0.15) is 0 Å². The topological polar surface area (TPSA) is 75.3 Å². The van der Waals surface area contributed by atoms with Gasteiger partial charge in [-0.3, -0.25) is 4.79 Å². The Hall–Kier alpha value is -1.71. The van der Waals surface area contributed by atoms with Crippen molar-refractivity contribution in [2.24, 2.45) is 16.7 Å². The predicted molar refractivity (Wildman–Crippen MR) is 83.0 cm³/mol. The molecule has 1 aromatic carbocycles. The number of carbonyl (C=O) groups excluding carboxylic acids is 1. The van der Waals surface area contributed by atoms with E-state index in [-0.39, 0.29) is 28.5 Å². The highest BCUT2D eigenvalue weighted by atomic mass is 16.3. The number of carbonyl (C=O) groups is 1. The van der Waals surface area contributed by atoms with E-state index in [1.807, 2.05) is 0 Å². The van der Waals surface area contributed by atoms with Gasteiger partial charge in [0.2, 0.25) is 0 Å². The van der Waals surface area contributed by atoms with Crippen LogP contribution in [0.1, 0.15) is 50.4 Å². The predicted octanol–water partition coefficient (Wildman–Crippen LogP) is 2.92. The molecular weight excluding hydrogens is 264 g/mol. The fourth-order valence-electron chi connectivity index (χ4n) is 4.61. The van der Waals surface area contributed by atoms with Crippen LogP contribution in [-0.4, -0.2) is 17.1 Å². The quantitative estimate of drug-likeness (QED) is 0.578. The molecule has 1 amide bonds. The number of hydrogen-bond donors (Lipinski definition) is 3. The Morgan fingerprint density at radius 2 is 2.10 bits per heavy atom. The van der Waals surface area contributed by atoms with Crippen LogP contribution in [0.25, 0.3) is 0 Å². The van der Waals surface area contributed by atoms with Gasteiger partial charge in [0.05, 0.1) is 5.56 Å². The highest BCUT2D eigenvalue weighted by Crippen LogP contribution is 2.62. The molecule has 4 N–H and O–H groups in total. The molecule has 0 aliphatic heterocycles. The van der Waals surface area contributed by atoms with Gasteiger partial charge >= 0.3 is 0 Å². The largest absolute Gasteiger partial charge is 0.508 e. The van der Waals surface area contributed by atoms with Gasteiger partial charge in [-0.05, 0) is 54.2 Å². The molecule has 2 saturated carbocycles. The van der Waals surface area contributed by atoms with Crippen LogP contribution < -0.4 is 11.1 Å². The van der Waals surface area contributed by atoms with Gasteiger partial charge in [0.15, 0.2) is 0 Å². The molecule has 114 valence electrons. The number of aromatic hydroxyl groups is 1. The van der Waals surface area contributed by atoms with E-state index in [2.05, 4.69) is 26.1 Å². The Morgan fingerprint density at radius 1 is 1.38 bits per heavy atom. The molecule has 0 aromatic heterocycles. The smallest absolute Gasteiger partial charge is 0.253 e. The number of amides is 1. The third kappa shape index (κ3) is 2.08. The van der Waals surface area contributed by atoms with Gasteiger partial charge < -0.3 is 16.2 Å². The fraction of sp³-hybridized carbons (Fsp3) is 0.588. The molecule has 2 fully saturated rings. The summed E-state index contributed by atoms with van der Waals surface area (Å²) in [6, 6.07) is 4.65. The summed E-state index contributed by atoms with van der Waals surface area (Å²) in [5.74, 6) is 0.553. The number of nitrogens with two attached hydrogens (primary N) is 1. The summed E-state index contributed by atoms with van der Waals surface area (Å²) in [6.45, 7) is 6.77. The number of benzene rings is 1. The molecule has 21 heavy (non-hydrogen) atoms. The Labute approximate surface area is 125 Å². The van der Waals surface area contributed by atoms with E-state index in [4.69, 9.17) is 5.73 Å². The zero-order valence-corrected chi connectivity index (χ0v) is 12.9. The number of fused-ring (bicyclic) bond motifs is 2. The van der Waals surface area contributed by atoms with E-state index in [0.717, 1.165) is 0 Å². The fourth-order valence-corrected chi connectivity index (χ4v) is 4.61. The highest BCUT2D eigenvalue weighted by Gasteiger charge is 2.59. The number of nitrogens with one attached hydrogen (secondary N) is 1. The molecule has 3 unspecified atom stereocenters. The van der Waals surface area contributed by atoms with Crippen LogP contribution in [0.2, 0.25) is 0 Å². The summed E-state index contributed by atoms with van der Waals surface area (Å²) in [6.07, 6.45) is 3.60. The van der Waals surface area contributed by atoms with E-state index < -0.39 is 0 Å². The number of phenols is 1. The van der Waals surface area contributed by atoms with Crippen molar-refractivity contribution < 1.29 is 9.90 Å². The molecule has 4 heteroatoms. The molecule has 3 rings (SSSR count). The number of rotatable bonds is 2. The number of nitrogen functional groups attached to an aromatic ring is 1. The minimum absolute atomic E-state index is 0.0627. The molecule has 2 aliphatic rings. The summed E-state index contributed by atoms with van der Waals surface area (Å²) in [5.41, 5.74) is 6.91. The van der Waals surface area contributed by atoms with E-state index >= 15 is 0 Å². The monoisotopic (exact) mass is 288 g/mol. The van der Waals surface area contributed by atoms with Gasteiger partial charge in [-0.15, -0.1) is 0 Å². The first-order valence-corrected chi connectivity index (χ1v) is 7.63. The third-order valence-corrected chi connectivity index (χ3v) is 5.83. The van der Waals surface area contributed by atoms with Crippen LogP contribution in [-0.2, 0) is 0 Å². The molecule has 4 nitrogen and oxygen atoms in total. The molecule has 0 radical (unpaired) electrons. The number of anilines is 1. The van der Waals surface area contributed by atoms with E-state index in [1.165, 1.54) is 31.4 Å². The maximum Gasteiger partial charge on any atom is 0.253 e. The average molecular weight is 288 g/mol. The van der Waals surface area contributed by atoms with Crippen LogP contribution in [0.15, 0.2) is 18.2 Å². The second kappa shape index (κ2) is 4.39. The van der Waals surface area contributed by atoms with Crippen LogP contribution in [0.4, 0.5) is 5.69 Å². The minimum atomic E-state index is -0.185. The first-order chi connectivity index (χ1) is 9.74. The van der Waals surface area contributed by atoms with Crippen molar-refractivity contribution in [3.8, 4) is 5.75 Å². The van der Waals surface area contributed by atoms with Crippen molar-refractivity contribution in [1.29, 1.82) is 0 Å². The van der Waals surface area contributed by atoms with Crippen LogP contribution in [0, 0.1) is 16.7 Å². The minimum Gasteiger partial charge on any atom is -0.508 e. The number of phenolic OH excluding ortho intramolecular Hbond substituents is 1. The van der Waals surface area contributed by atoms with Crippen LogP contribution >= 0.6 is 0 Å². The maximum atomic E-state index is 12.6. The van der Waals surface area contributed by atoms with Gasteiger partial charge in [0, 0.05) is 11.7 Å². The zero-order chi connectivity index (χ0) is 15.4. The van der Waals surface area contributed by atoms with E-state index in [9.17, 15) is 9.90 Å². The lowest BCUT2D eigenvalue weighted by Gasteiger charge is -2.43. The molecule has 0 spiro atoms. The zero-order valence-electron chi connectivity index (χ0n) is 12.9. The lowest BCUT2D eigenvalue weighted by molar-refractivity contribution is 0.0738.